The average molecular weight is 407 g/mol. The number of nitrogens with zero attached hydrogens (tertiary/aromatic N) is 2. The molecule has 1 aromatic carbocycles. The first-order chi connectivity index (χ1) is 13.2. The number of sulfonamides is 1. The van der Waals surface area contributed by atoms with Crippen LogP contribution >= 0.6 is 0 Å². The van der Waals surface area contributed by atoms with Crippen LogP contribution < -0.4 is 24.8 Å². The second kappa shape index (κ2) is 7.31. The highest BCUT2D eigenvalue weighted by Gasteiger charge is 2.31. The van der Waals surface area contributed by atoms with Gasteiger partial charge in [-0.05, 0) is 26.0 Å². The van der Waals surface area contributed by atoms with Gasteiger partial charge >= 0.3 is 6.03 Å². The molecule has 2 aromatic rings. The third kappa shape index (κ3) is 3.96. The number of methoxy groups -OCH3 is 1. The van der Waals surface area contributed by atoms with Crippen LogP contribution in [0.15, 0.2) is 29.2 Å². The Morgan fingerprint density at radius 1 is 1.32 bits per heavy atom. The van der Waals surface area contributed by atoms with Crippen molar-refractivity contribution in [1.82, 2.24) is 14.7 Å². The van der Waals surface area contributed by atoms with Crippen molar-refractivity contribution >= 4 is 33.6 Å². The molecule has 0 aliphatic carbocycles. The van der Waals surface area contributed by atoms with E-state index in [1.807, 2.05) is 4.72 Å². The molecule has 28 heavy (non-hydrogen) atoms. The van der Waals surface area contributed by atoms with Gasteiger partial charge in [-0.25, -0.2) is 22.9 Å². The second-order valence-electron chi connectivity index (χ2n) is 5.82. The molecule has 12 heteroatoms. The van der Waals surface area contributed by atoms with Crippen LogP contribution in [0.25, 0.3) is 0 Å². The van der Waals surface area contributed by atoms with Gasteiger partial charge in [0.2, 0.25) is 11.8 Å². The summed E-state index contributed by atoms with van der Waals surface area (Å²) in [6.45, 7) is 3.14. The average Bonchev–Trinajstić information content (AvgIpc) is 2.61. The molecule has 1 unspecified atom stereocenters. The van der Waals surface area contributed by atoms with Crippen molar-refractivity contribution in [1.29, 1.82) is 0 Å². The van der Waals surface area contributed by atoms with Crippen LogP contribution in [0.2, 0.25) is 0 Å². The van der Waals surface area contributed by atoms with Crippen LogP contribution in [0.4, 0.5) is 16.4 Å². The Bertz CT molecular complexity index is 1060. The normalized spacial score (nSPS) is 15.7. The van der Waals surface area contributed by atoms with Crippen molar-refractivity contribution in [2.24, 2.45) is 0 Å². The number of amides is 3. The van der Waals surface area contributed by atoms with Crippen LogP contribution in [0.3, 0.4) is 0 Å². The van der Waals surface area contributed by atoms with Crippen LogP contribution in [-0.2, 0) is 14.8 Å². The number of para-hydroxylation sites is 1. The fourth-order valence-electron chi connectivity index (χ4n) is 2.42. The summed E-state index contributed by atoms with van der Waals surface area (Å²) in [5.74, 6) is -0.376. The number of carbonyl (C=O) groups is 2. The summed E-state index contributed by atoms with van der Waals surface area (Å²) < 4.78 is 37.5. The van der Waals surface area contributed by atoms with E-state index in [0.717, 1.165) is 0 Å². The number of fused-ring (bicyclic) bond motifs is 1. The van der Waals surface area contributed by atoms with Crippen LogP contribution in [0.5, 0.6) is 11.6 Å². The predicted octanol–water partition coefficient (Wildman–Crippen LogP) is 1.02. The summed E-state index contributed by atoms with van der Waals surface area (Å²) in [5.41, 5.74) is 0.707. The van der Waals surface area contributed by atoms with Gasteiger partial charge in [-0.2, -0.15) is 4.98 Å². The topological polar surface area (TPSA) is 149 Å². The molecular formula is C16H17N5O6S. The largest absolute Gasteiger partial charge is 0.481 e. The third-order valence-electron chi connectivity index (χ3n) is 3.68. The van der Waals surface area contributed by atoms with E-state index >= 15 is 0 Å². The standard InChI is InChI=1S/C16H17N5O6S/c1-8-7-12(26-3)19-15(17-8)20-16(23)21-28(24,25)11-6-4-5-10-13(11)27-9(2)14(22)18-10/h4-7,9H,1-3H3,(H,18,22)(H2,17,19,20,21,23). The molecule has 0 radical (unpaired) electrons. The maximum absolute atomic E-state index is 12.7. The fraction of sp³-hybridized carbons (Fsp3) is 0.250. The van der Waals surface area contributed by atoms with Crippen LogP contribution in [-0.4, -0.2) is 43.5 Å². The first kappa shape index (κ1) is 19.4. The molecular weight excluding hydrogens is 390 g/mol. The number of nitrogens with one attached hydrogen (secondary N) is 3. The molecule has 1 aliphatic heterocycles. The highest BCUT2D eigenvalue weighted by atomic mass is 32.2. The van der Waals surface area contributed by atoms with Crippen molar-refractivity contribution in [3.8, 4) is 11.6 Å². The SMILES string of the molecule is COc1cc(C)nc(NC(=O)NS(=O)(=O)c2cccc3c2OC(C)C(=O)N3)n1. The minimum Gasteiger partial charge on any atom is -0.481 e. The Morgan fingerprint density at radius 3 is 2.79 bits per heavy atom. The minimum atomic E-state index is -4.31. The van der Waals surface area contributed by atoms with Gasteiger partial charge in [-0.15, -0.1) is 0 Å². The maximum Gasteiger partial charge on any atom is 0.335 e. The monoisotopic (exact) mass is 407 g/mol. The number of urea groups is 1. The lowest BCUT2D eigenvalue weighted by atomic mass is 10.2. The Hall–Kier alpha value is -3.41. The zero-order chi connectivity index (χ0) is 20.5. The molecule has 1 atom stereocenters. The summed E-state index contributed by atoms with van der Waals surface area (Å²) in [6.07, 6.45) is -0.883. The van der Waals surface area contributed by atoms with Gasteiger partial charge in [0.1, 0.15) is 4.90 Å². The number of hydrogen-bond donors (Lipinski definition) is 3. The maximum atomic E-state index is 12.7. The van der Waals surface area contributed by atoms with E-state index in [-0.39, 0.29) is 28.2 Å². The molecule has 3 rings (SSSR count). The summed E-state index contributed by atoms with van der Waals surface area (Å²) in [5, 5.41) is 4.78. The molecule has 0 fully saturated rings. The van der Waals surface area contributed by atoms with Crippen molar-refractivity contribution in [3.05, 3.63) is 30.0 Å². The Kier molecular flexibility index (Phi) is 5.05. The number of aromatic nitrogens is 2. The Labute approximate surface area is 160 Å². The fourth-order valence-corrected chi connectivity index (χ4v) is 3.48. The van der Waals surface area contributed by atoms with Crippen molar-refractivity contribution in [3.63, 3.8) is 0 Å². The zero-order valence-electron chi connectivity index (χ0n) is 15.1. The minimum absolute atomic E-state index is 0.0524. The molecule has 1 aromatic heterocycles. The summed E-state index contributed by atoms with van der Waals surface area (Å²) in [7, 11) is -2.92. The van der Waals surface area contributed by atoms with E-state index in [4.69, 9.17) is 9.47 Å². The highest BCUT2D eigenvalue weighted by molar-refractivity contribution is 7.90. The quantitative estimate of drug-likeness (QED) is 0.680. The molecule has 1 aliphatic rings. The van der Waals surface area contributed by atoms with Crippen LogP contribution in [0.1, 0.15) is 12.6 Å². The highest BCUT2D eigenvalue weighted by Crippen LogP contribution is 2.35. The van der Waals surface area contributed by atoms with Gasteiger partial charge in [-0.1, -0.05) is 6.07 Å². The first-order valence-corrected chi connectivity index (χ1v) is 9.52. The number of anilines is 2. The van der Waals surface area contributed by atoms with Crippen molar-refractivity contribution in [2.75, 3.05) is 17.7 Å². The molecule has 3 amide bonds. The Balaban J connectivity index is 1.83. The number of ether oxygens (including phenoxy) is 2. The first-order valence-electron chi connectivity index (χ1n) is 8.03. The van der Waals surface area contributed by atoms with Gasteiger partial charge < -0.3 is 14.8 Å². The summed E-state index contributed by atoms with van der Waals surface area (Å²) in [4.78, 5) is 31.5. The third-order valence-corrected chi connectivity index (χ3v) is 5.04. The lowest BCUT2D eigenvalue weighted by molar-refractivity contribution is -0.122. The molecule has 0 saturated heterocycles. The molecule has 0 bridgehead atoms. The summed E-state index contributed by atoms with van der Waals surface area (Å²) in [6, 6.07) is 4.64. The van der Waals surface area contributed by atoms with E-state index in [2.05, 4.69) is 20.6 Å². The molecule has 0 spiro atoms. The van der Waals surface area contributed by atoms with Crippen LogP contribution in [0, 0.1) is 6.92 Å². The van der Waals surface area contributed by atoms with E-state index in [0.29, 0.717) is 5.69 Å². The Morgan fingerprint density at radius 2 is 2.07 bits per heavy atom. The number of carbonyl (C=O) groups excluding carboxylic acids is 2. The van der Waals surface area contributed by atoms with Gasteiger partial charge in [0.25, 0.3) is 15.9 Å². The number of benzene rings is 1. The molecule has 0 saturated carbocycles. The smallest absolute Gasteiger partial charge is 0.335 e. The lowest BCUT2D eigenvalue weighted by Gasteiger charge is -2.25. The number of aryl methyl sites for hydroxylation is 1. The second-order valence-corrected chi connectivity index (χ2v) is 7.47. The van der Waals surface area contributed by atoms with E-state index in [1.165, 1.54) is 32.2 Å². The summed E-state index contributed by atoms with van der Waals surface area (Å²) >= 11 is 0. The number of hydrogen-bond acceptors (Lipinski definition) is 8. The van der Waals surface area contributed by atoms with Gasteiger partial charge in [-0.3, -0.25) is 10.1 Å². The lowest BCUT2D eigenvalue weighted by Crippen LogP contribution is -2.38. The molecule has 3 N–H and O–H groups in total. The predicted molar refractivity (Wildman–Crippen MR) is 97.8 cm³/mol. The number of rotatable bonds is 4. The van der Waals surface area contributed by atoms with E-state index in [9.17, 15) is 18.0 Å². The molecule has 11 nitrogen and oxygen atoms in total. The van der Waals surface area contributed by atoms with E-state index in [1.54, 1.807) is 13.0 Å². The van der Waals surface area contributed by atoms with E-state index < -0.39 is 28.1 Å². The van der Waals surface area contributed by atoms with Gasteiger partial charge in [0.15, 0.2) is 11.9 Å². The molecule has 2 heterocycles. The van der Waals surface area contributed by atoms with Crippen molar-refractivity contribution in [2.45, 2.75) is 24.8 Å². The zero-order valence-corrected chi connectivity index (χ0v) is 16.0. The van der Waals surface area contributed by atoms with Crippen molar-refractivity contribution < 1.29 is 27.5 Å². The molecule has 148 valence electrons. The van der Waals surface area contributed by atoms with Gasteiger partial charge in [0.05, 0.1) is 12.8 Å². The van der Waals surface area contributed by atoms with Gasteiger partial charge in [0, 0.05) is 11.8 Å².